The van der Waals surface area contributed by atoms with Gasteiger partial charge in [-0.1, -0.05) is 0 Å². The van der Waals surface area contributed by atoms with E-state index >= 15 is 0 Å². The average molecular weight is 410 g/mol. The lowest BCUT2D eigenvalue weighted by molar-refractivity contribution is -0.0597. The van der Waals surface area contributed by atoms with E-state index in [1.807, 2.05) is 32.0 Å². The summed E-state index contributed by atoms with van der Waals surface area (Å²) in [5.41, 5.74) is 4.60. The van der Waals surface area contributed by atoms with Gasteiger partial charge < -0.3 is 24.3 Å². The number of aromatic nitrogens is 3. The highest BCUT2D eigenvalue weighted by Crippen LogP contribution is 2.42. The third-order valence-electron chi connectivity index (χ3n) is 6.35. The van der Waals surface area contributed by atoms with Crippen LogP contribution in [0.2, 0.25) is 0 Å². The summed E-state index contributed by atoms with van der Waals surface area (Å²) in [6.45, 7) is 5.82. The number of piperidine rings is 1. The molecule has 0 unspecified atom stereocenters. The SMILES string of the molecule is Cc1nc2cc(-c3nc(CO)c(N4CCC5(CC4)CO[C@@H](O)C5)nc3C)ccc2o1. The Balaban J connectivity index is 1.44. The highest BCUT2D eigenvalue weighted by molar-refractivity contribution is 5.80. The zero-order chi connectivity index (χ0) is 20.9. The summed E-state index contributed by atoms with van der Waals surface area (Å²) in [6, 6.07) is 5.78. The van der Waals surface area contributed by atoms with Crippen LogP contribution >= 0.6 is 0 Å². The molecule has 2 N–H and O–H groups in total. The van der Waals surface area contributed by atoms with Crippen LogP contribution in [-0.2, 0) is 11.3 Å². The van der Waals surface area contributed by atoms with Gasteiger partial charge in [0, 0.05) is 37.4 Å². The fourth-order valence-electron chi connectivity index (χ4n) is 4.67. The Bertz CT molecular complexity index is 1090. The first kappa shape index (κ1) is 19.4. The number of hydrogen-bond acceptors (Lipinski definition) is 8. The fourth-order valence-corrected chi connectivity index (χ4v) is 4.67. The number of aryl methyl sites for hydroxylation is 2. The molecule has 3 aromatic rings. The first-order valence-electron chi connectivity index (χ1n) is 10.4. The van der Waals surface area contributed by atoms with Gasteiger partial charge in [0.25, 0.3) is 0 Å². The summed E-state index contributed by atoms with van der Waals surface area (Å²) < 4.78 is 11.0. The fraction of sp³-hybridized carbons (Fsp3) is 0.500. The normalized spacial score (nSPS) is 21.1. The summed E-state index contributed by atoms with van der Waals surface area (Å²) >= 11 is 0. The minimum absolute atomic E-state index is 0.0584. The Morgan fingerprint density at radius 3 is 2.67 bits per heavy atom. The highest BCUT2D eigenvalue weighted by Gasteiger charge is 2.42. The van der Waals surface area contributed by atoms with Crippen molar-refractivity contribution in [1.29, 1.82) is 0 Å². The number of hydrogen-bond donors (Lipinski definition) is 2. The van der Waals surface area contributed by atoms with Crippen LogP contribution in [0, 0.1) is 19.3 Å². The van der Waals surface area contributed by atoms with E-state index in [2.05, 4.69) is 9.88 Å². The number of benzene rings is 1. The second-order valence-electron chi connectivity index (χ2n) is 8.46. The van der Waals surface area contributed by atoms with Crippen molar-refractivity contribution in [3.63, 3.8) is 0 Å². The minimum Gasteiger partial charge on any atom is -0.441 e. The maximum atomic E-state index is 10.0. The predicted molar refractivity (Wildman–Crippen MR) is 111 cm³/mol. The molecule has 8 nitrogen and oxygen atoms in total. The van der Waals surface area contributed by atoms with Gasteiger partial charge in [-0.15, -0.1) is 0 Å². The molecule has 2 aliphatic rings. The summed E-state index contributed by atoms with van der Waals surface area (Å²) in [5.74, 6) is 1.37. The van der Waals surface area contributed by atoms with Crippen molar-refractivity contribution in [2.75, 3.05) is 24.6 Å². The molecule has 8 heteroatoms. The van der Waals surface area contributed by atoms with E-state index in [0.717, 1.165) is 59.8 Å². The Morgan fingerprint density at radius 2 is 1.97 bits per heavy atom. The van der Waals surface area contributed by atoms with Gasteiger partial charge >= 0.3 is 0 Å². The van der Waals surface area contributed by atoms with Crippen molar-refractivity contribution >= 4 is 16.9 Å². The molecule has 2 saturated heterocycles. The van der Waals surface area contributed by atoms with Crippen LogP contribution in [-0.4, -0.2) is 51.2 Å². The summed E-state index contributed by atoms with van der Waals surface area (Å²) in [7, 11) is 0. The van der Waals surface area contributed by atoms with Gasteiger partial charge in [-0.05, 0) is 38.0 Å². The minimum atomic E-state index is -0.642. The van der Waals surface area contributed by atoms with E-state index in [0.29, 0.717) is 24.6 Å². The summed E-state index contributed by atoms with van der Waals surface area (Å²) in [5, 5.41) is 19.8. The standard InChI is InChI=1S/C22H26N4O4/c1-13-20(15-3-4-18-16(9-15)24-14(2)30-18)25-17(11-27)21(23-13)26-7-5-22(6-8-26)10-19(28)29-12-22/h3-4,9,19,27-28H,5-8,10-12H2,1-2H3/t19-/m1/s1. The van der Waals surface area contributed by atoms with Crippen molar-refractivity contribution in [1.82, 2.24) is 15.0 Å². The first-order valence-corrected chi connectivity index (χ1v) is 10.4. The molecule has 158 valence electrons. The van der Waals surface area contributed by atoms with Crippen LogP contribution in [0.15, 0.2) is 22.6 Å². The largest absolute Gasteiger partial charge is 0.441 e. The average Bonchev–Trinajstić information content (AvgIpc) is 3.29. The van der Waals surface area contributed by atoms with Crippen molar-refractivity contribution in [3.05, 3.63) is 35.5 Å². The van der Waals surface area contributed by atoms with Gasteiger partial charge in [-0.25, -0.2) is 15.0 Å². The van der Waals surface area contributed by atoms with Gasteiger partial charge in [-0.2, -0.15) is 0 Å². The Morgan fingerprint density at radius 1 is 1.17 bits per heavy atom. The molecular formula is C22H26N4O4. The van der Waals surface area contributed by atoms with E-state index < -0.39 is 6.29 Å². The number of aliphatic hydroxyl groups is 2. The van der Waals surface area contributed by atoms with Crippen molar-refractivity contribution in [2.45, 2.75) is 46.0 Å². The highest BCUT2D eigenvalue weighted by atomic mass is 16.6. The molecule has 1 atom stereocenters. The number of anilines is 1. The summed E-state index contributed by atoms with van der Waals surface area (Å²) in [4.78, 5) is 16.2. The lowest BCUT2D eigenvalue weighted by atomic mass is 9.77. The van der Waals surface area contributed by atoms with Crippen molar-refractivity contribution in [3.8, 4) is 11.3 Å². The van der Waals surface area contributed by atoms with Gasteiger partial charge in [0.05, 0.1) is 24.6 Å². The lowest BCUT2D eigenvalue weighted by Crippen LogP contribution is -2.41. The van der Waals surface area contributed by atoms with Gasteiger partial charge in [0.15, 0.2) is 23.6 Å². The molecule has 30 heavy (non-hydrogen) atoms. The molecule has 4 heterocycles. The van der Waals surface area contributed by atoms with Gasteiger partial charge in [0.2, 0.25) is 0 Å². The second kappa shape index (κ2) is 7.30. The number of nitrogens with zero attached hydrogens (tertiary/aromatic N) is 4. The topological polar surface area (TPSA) is 105 Å². The lowest BCUT2D eigenvalue weighted by Gasteiger charge is -2.39. The number of fused-ring (bicyclic) bond motifs is 1. The second-order valence-corrected chi connectivity index (χ2v) is 8.46. The first-order chi connectivity index (χ1) is 14.5. The number of rotatable bonds is 3. The van der Waals surface area contributed by atoms with Crippen molar-refractivity contribution in [2.24, 2.45) is 5.41 Å². The number of oxazole rings is 1. The molecule has 0 radical (unpaired) electrons. The molecule has 2 aromatic heterocycles. The molecule has 5 rings (SSSR count). The monoisotopic (exact) mass is 410 g/mol. The molecule has 0 amide bonds. The van der Waals surface area contributed by atoms with Crippen molar-refractivity contribution < 1.29 is 19.4 Å². The Labute approximate surface area is 174 Å². The van der Waals surface area contributed by atoms with Crippen LogP contribution in [0.5, 0.6) is 0 Å². The maximum Gasteiger partial charge on any atom is 0.192 e. The van der Waals surface area contributed by atoms with Gasteiger partial charge in [0.1, 0.15) is 11.2 Å². The molecule has 1 aromatic carbocycles. The Hall–Kier alpha value is -2.55. The van der Waals surface area contributed by atoms with E-state index in [1.165, 1.54) is 0 Å². The van der Waals surface area contributed by atoms with Crippen LogP contribution in [0.25, 0.3) is 22.4 Å². The third kappa shape index (κ3) is 3.34. The molecule has 0 bridgehead atoms. The maximum absolute atomic E-state index is 10.0. The zero-order valence-corrected chi connectivity index (χ0v) is 17.3. The Kier molecular flexibility index (Phi) is 4.72. The zero-order valence-electron chi connectivity index (χ0n) is 17.3. The third-order valence-corrected chi connectivity index (χ3v) is 6.35. The molecule has 2 fully saturated rings. The molecular weight excluding hydrogens is 384 g/mol. The van der Waals surface area contributed by atoms with Crippen LogP contribution in [0.1, 0.15) is 36.5 Å². The van der Waals surface area contributed by atoms with E-state index in [1.54, 1.807) is 0 Å². The number of aliphatic hydroxyl groups excluding tert-OH is 2. The van der Waals surface area contributed by atoms with Gasteiger partial charge in [-0.3, -0.25) is 0 Å². The van der Waals surface area contributed by atoms with E-state index in [4.69, 9.17) is 19.1 Å². The molecule has 2 aliphatic heterocycles. The molecule has 0 aliphatic carbocycles. The quantitative estimate of drug-likeness (QED) is 0.679. The smallest absolute Gasteiger partial charge is 0.192 e. The van der Waals surface area contributed by atoms with Crippen LogP contribution < -0.4 is 4.90 Å². The summed E-state index contributed by atoms with van der Waals surface area (Å²) in [6.07, 6.45) is 1.91. The van der Waals surface area contributed by atoms with E-state index in [9.17, 15) is 10.2 Å². The number of ether oxygens (including phenoxy) is 1. The van der Waals surface area contributed by atoms with Crippen LogP contribution in [0.3, 0.4) is 0 Å². The molecule has 0 saturated carbocycles. The predicted octanol–water partition coefficient (Wildman–Crippen LogP) is 2.72. The van der Waals surface area contributed by atoms with E-state index in [-0.39, 0.29) is 12.0 Å². The molecule has 1 spiro atoms. The van der Waals surface area contributed by atoms with Crippen LogP contribution in [0.4, 0.5) is 5.82 Å².